The predicted molar refractivity (Wildman–Crippen MR) is 90.1 cm³/mol. The van der Waals surface area contributed by atoms with E-state index in [1.807, 2.05) is 36.4 Å². The van der Waals surface area contributed by atoms with Gasteiger partial charge >= 0.3 is 6.09 Å². The quantitative estimate of drug-likeness (QED) is 0.920. The Hall–Kier alpha value is -2.33. The van der Waals surface area contributed by atoms with Gasteiger partial charge in [-0.3, -0.25) is 4.90 Å². The van der Waals surface area contributed by atoms with Crippen molar-refractivity contribution in [1.82, 2.24) is 9.80 Å². The highest BCUT2D eigenvalue weighted by molar-refractivity contribution is 5.65. The van der Waals surface area contributed by atoms with Crippen LogP contribution >= 0.6 is 0 Å². The molecular formula is C19H22N2O2. The molecule has 120 valence electrons. The first kappa shape index (κ1) is 15.6. The van der Waals surface area contributed by atoms with E-state index in [1.165, 1.54) is 16.0 Å². The third kappa shape index (κ3) is 4.11. The first-order chi connectivity index (χ1) is 11.2. The molecule has 4 nitrogen and oxygen atoms in total. The standard InChI is InChI=1S/C19H22N2O2/c22-19(23)20-12-11-18(15-20)21(13-16-7-3-1-4-8-16)14-17-9-5-2-6-10-17/h1-10,18H,11-15H2,(H,22,23)/t18-/m1/s1. The van der Waals surface area contributed by atoms with Crippen LogP contribution in [0.4, 0.5) is 4.79 Å². The lowest BCUT2D eigenvalue weighted by molar-refractivity contribution is 0.143. The molecule has 1 aliphatic rings. The molecule has 0 unspecified atom stereocenters. The second-order valence-corrected chi connectivity index (χ2v) is 6.05. The molecule has 1 amide bonds. The van der Waals surface area contributed by atoms with Crippen LogP contribution in [0.1, 0.15) is 17.5 Å². The van der Waals surface area contributed by atoms with Gasteiger partial charge in [0, 0.05) is 32.2 Å². The Kier molecular flexibility index (Phi) is 4.93. The zero-order valence-corrected chi connectivity index (χ0v) is 13.1. The molecule has 0 aliphatic carbocycles. The summed E-state index contributed by atoms with van der Waals surface area (Å²) < 4.78 is 0. The van der Waals surface area contributed by atoms with Crippen molar-refractivity contribution in [2.24, 2.45) is 0 Å². The summed E-state index contributed by atoms with van der Waals surface area (Å²) in [4.78, 5) is 15.1. The molecule has 23 heavy (non-hydrogen) atoms. The van der Waals surface area contributed by atoms with Crippen molar-refractivity contribution >= 4 is 6.09 Å². The van der Waals surface area contributed by atoms with Crippen LogP contribution in [-0.4, -0.2) is 40.1 Å². The maximum atomic E-state index is 11.2. The van der Waals surface area contributed by atoms with Gasteiger partial charge in [0.1, 0.15) is 0 Å². The van der Waals surface area contributed by atoms with Gasteiger partial charge in [0.15, 0.2) is 0 Å². The summed E-state index contributed by atoms with van der Waals surface area (Å²) >= 11 is 0. The van der Waals surface area contributed by atoms with E-state index in [2.05, 4.69) is 29.2 Å². The van der Waals surface area contributed by atoms with Crippen molar-refractivity contribution in [3.05, 3.63) is 71.8 Å². The summed E-state index contributed by atoms with van der Waals surface area (Å²) in [5.41, 5.74) is 2.52. The number of likely N-dealkylation sites (tertiary alicyclic amines) is 1. The molecule has 2 aromatic carbocycles. The number of nitrogens with zero attached hydrogens (tertiary/aromatic N) is 2. The van der Waals surface area contributed by atoms with Crippen molar-refractivity contribution in [2.45, 2.75) is 25.6 Å². The monoisotopic (exact) mass is 310 g/mol. The van der Waals surface area contributed by atoms with Gasteiger partial charge < -0.3 is 10.0 Å². The highest BCUT2D eigenvalue weighted by Gasteiger charge is 2.30. The fourth-order valence-electron chi connectivity index (χ4n) is 3.16. The van der Waals surface area contributed by atoms with Crippen LogP contribution in [0.15, 0.2) is 60.7 Å². The minimum absolute atomic E-state index is 0.270. The summed E-state index contributed by atoms with van der Waals surface area (Å²) in [5, 5.41) is 9.20. The Morgan fingerprint density at radius 3 is 1.96 bits per heavy atom. The average Bonchev–Trinajstić information content (AvgIpc) is 3.06. The summed E-state index contributed by atoms with van der Waals surface area (Å²) in [5.74, 6) is 0. The van der Waals surface area contributed by atoms with Crippen LogP contribution in [0.3, 0.4) is 0 Å². The van der Waals surface area contributed by atoms with Crippen LogP contribution < -0.4 is 0 Å². The molecule has 0 saturated carbocycles. The second kappa shape index (κ2) is 7.29. The van der Waals surface area contributed by atoms with E-state index in [1.54, 1.807) is 0 Å². The molecule has 1 aliphatic heterocycles. The molecule has 1 saturated heterocycles. The van der Waals surface area contributed by atoms with E-state index >= 15 is 0 Å². The van der Waals surface area contributed by atoms with E-state index in [0.717, 1.165) is 19.5 Å². The van der Waals surface area contributed by atoms with Crippen LogP contribution in [0.2, 0.25) is 0 Å². The topological polar surface area (TPSA) is 43.8 Å². The number of hydrogen-bond acceptors (Lipinski definition) is 2. The number of carboxylic acid groups (broad SMARTS) is 1. The Labute approximate surface area is 137 Å². The normalized spacial score (nSPS) is 17.6. The first-order valence-corrected chi connectivity index (χ1v) is 8.02. The maximum absolute atomic E-state index is 11.2. The van der Waals surface area contributed by atoms with E-state index in [0.29, 0.717) is 13.1 Å². The highest BCUT2D eigenvalue weighted by Crippen LogP contribution is 2.21. The molecule has 0 spiro atoms. The number of carbonyl (C=O) groups is 1. The Morgan fingerprint density at radius 1 is 1.00 bits per heavy atom. The van der Waals surface area contributed by atoms with Gasteiger partial charge in [-0.1, -0.05) is 60.7 Å². The van der Waals surface area contributed by atoms with Gasteiger partial charge in [-0.05, 0) is 17.5 Å². The summed E-state index contributed by atoms with van der Waals surface area (Å²) in [6.45, 7) is 2.90. The van der Waals surface area contributed by atoms with Crippen molar-refractivity contribution < 1.29 is 9.90 Å². The molecule has 2 aromatic rings. The SMILES string of the molecule is O=C(O)N1CC[C@@H](N(Cc2ccccc2)Cc2ccccc2)C1. The third-order valence-corrected chi connectivity index (χ3v) is 4.41. The van der Waals surface area contributed by atoms with E-state index in [4.69, 9.17) is 0 Å². The minimum atomic E-state index is -0.813. The van der Waals surface area contributed by atoms with Gasteiger partial charge in [-0.25, -0.2) is 4.79 Å². The van der Waals surface area contributed by atoms with E-state index in [9.17, 15) is 9.90 Å². The van der Waals surface area contributed by atoms with Gasteiger partial charge in [0.2, 0.25) is 0 Å². The van der Waals surface area contributed by atoms with Gasteiger partial charge in [0.25, 0.3) is 0 Å². The van der Waals surface area contributed by atoms with E-state index < -0.39 is 6.09 Å². The summed E-state index contributed by atoms with van der Waals surface area (Å²) in [6.07, 6.45) is 0.0817. The lowest BCUT2D eigenvalue weighted by Crippen LogP contribution is -2.37. The lowest BCUT2D eigenvalue weighted by atomic mass is 10.1. The van der Waals surface area contributed by atoms with E-state index in [-0.39, 0.29) is 6.04 Å². The average molecular weight is 310 g/mol. The predicted octanol–water partition coefficient (Wildman–Crippen LogP) is 3.44. The molecule has 4 heteroatoms. The first-order valence-electron chi connectivity index (χ1n) is 8.02. The van der Waals surface area contributed by atoms with Gasteiger partial charge in [0.05, 0.1) is 0 Å². The highest BCUT2D eigenvalue weighted by atomic mass is 16.4. The zero-order valence-electron chi connectivity index (χ0n) is 13.1. The fourth-order valence-corrected chi connectivity index (χ4v) is 3.16. The van der Waals surface area contributed by atoms with Crippen LogP contribution in [0.25, 0.3) is 0 Å². The van der Waals surface area contributed by atoms with Crippen LogP contribution in [0.5, 0.6) is 0 Å². The van der Waals surface area contributed by atoms with Crippen molar-refractivity contribution in [2.75, 3.05) is 13.1 Å². The Balaban J connectivity index is 1.74. The summed E-state index contributed by atoms with van der Waals surface area (Å²) in [7, 11) is 0. The molecule has 0 bridgehead atoms. The molecule has 1 fully saturated rings. The molecule has 0 aromatic heterocycles. The van der Waals surface area contributed by atoms with Crippen molar-refractivity contribution in [3.8, 4) is 0 Å². The van der Waals surface area contributed by atoms with Crippen LogP contribution in [-0.2, 0) is 13.1 Å². The zero-order chi connectivity index (χ0) is 16.1. The van der Waals surface area contributed by atoms with Crippen LogP contribution in [0, 0.1) is 0 Å². The summed E-state index contributed by atoms with van der Waals surface area (Å²) in [6, 6.07) is 21.0. The molecule has 1 heterocycles. The van der Waals surface area contributed by atoms with Gasteiger partial charge in [-0.15, -0.1) is 0 Å². The molecular weight excluding hydrogens is 288 g/mol. The van der Waals surface area contributed by atoms with Gasteiger partial charge in [-0.2, -0.15) is 0 Å². The number of hydrogen-bond donors (Lipinski definition) is 1. The smallest absolute Gasteiger partial charge is 0.407 e. The third-order valence-electron chi connectivity index (χ3n) is 4.41. The molecule has 3 rings (SSSR count). The number of benzene rings is 2. The van der Waals surface area contributed by atoms with Crippen molar-refractivity contribution in [1.29, 1.82) is 0 Å². The number of amides is 1. The largest absolute Gasteiger partial charge is 0.465 e. The second-order valence-electron chi connectivity index (χ2n) is 6.05. The Bertz CT molecular complexity index is 589. The molecule has 1 atom stereocenters. The molecule has 0 radical (unpaired) electrons. The minimum Gasteiger partial charge on any atom is -0.465 e. The molecule has 1 N–H and O–H groups in total. The fraction of sp³-hybridized carbons (Fsp3) is 0.316. The van der Waals surface area contributed by atoms with Crippen molar-refractivity contribution in [3.63, 3.8) is 0 Å². The maximum Gasteiger partial charge on any atom is 0.407 e. The Morgan fingerprint density at radius 2 is 1.52 bits per heavy atom. The lowest BCUT2D eigenvalue weighted by Gasteiger charge is -2.29. The number of rotatable bonds is 5.